The standard InChI is InChI=1S/C15H12F3N3O2S/c16-15(17,18)14-10(21-5-2-1-3-12(21)20-14)8-19-9-4-6-24-11(9)7-13(22)23/h1-6,19H,7-8H2,(H,22,23). The van der Waals surface area contributed by atoms with Crippen LogP contribution in [0.4, 0.5) is 18.9 Å². The van der Waals surface area contributed by atoms with Gasteiger partial charge in [0.15, 0.2) is 5.69 Å². The average Bonchev–Trinajstić information content (AvgIpc) is 3.08. The molecule has 3 aromatic heterocycles. The van der Waals surface area contributed by atoms with E-state index in [4.69, 9.17) is 5.11 Å². The zero-order chi connectivity index (χ0) is 17.3. The van der Waals surface area contributed by atoms with Gasteiger partial charge in [0, 0.05) is 16.8 Å². The molecule has 0 amide bonds. The van der Waals surface area contributed by atoms with Gasteiger partial charge in [-0.15, -0.1) is 11.3 Å². The summed E-state index contributed by atoms with van der Waals surface area (Å²) in [6.45, 7) is -0.122. The number of pyridine rings is 1. The summed E-state index contributed by atoms with van der Waals surface area (Å²) >= 11 is 1.24. The first-order valence-electron chi connectivity index (χ1n) is 6.91. The highest BCUT2D eigenvalue weighted by molar-refractivity contribution is 7.10. The monoisotopic (exact) mass is 355 g/mol. The van der Waals surface area contributed by atoms with E-state index in [9.17, 15) is 18.0 Å². The highest BCUT2D eigenvalue weighted by Gasteiger charge is 2.37. The minimum absolute atomic E-state index is 0.0226. The lowest BCUT2D eigenvalue weighted by molar-refractivity contribution is -0.141. The van der Waals surface area contributed by atoms with Crippen molar-refractivity contribution in [2.24, 2.45) is 0 Å². The predicted octanol–water partition coefficient (Wildman–Crippen LogP) is 3.65. The lowest BCUT2D eigenvalue weighted by Crippen LogP contribution is -2.13. The second-order valence-electron chi connectivity index (χ2n) is 5.02. The molecule has 3 rings (SSSR count). The molecule has 0 unspecified atom stereocenters. The lowest BCUT2D eigenvalue weighted by atomic mass is 10.2. The molecule has 0 fully saturated rings. The molecule has 0 aliphatic rings. The number of carboxylic acid groups (broad SMARTS) is 1. The number of halogens is 3. The third-order valence-electron chi connectivity index (χ3n) is 3.40. The number of hydrogen-bond acceptors (Lipinski definition) is 4. The van der Waals surface area contributed by atoms with Crippen molar-refractivity contribution in [1.29, 1.82) is 0 Å². The summed E-state index contributed by atoms with van der Waals surface area (Å²) < 4.78 is 41.0. The molecule has 0 radical (unpaired) electrons. The summed E-state index contributed by atoms with van der Waals surface area (Å²) in [6, 6.07) is 6.39. The maximum atomic E-state index is 13.2. The Labute approximate surface area is 138 Å². The van der Waals surface area contributed by atoms with Crippen LogP contribution in [0.25, 0.3) is 5.65 Å². The van der Waals surface area contributed by atoms with Crippen LogP contribution in [-0.4, -0.2) is 20.5 Å². The number of carboxylic acids is 1. The number of thiophene rings is 1. The molecule has 0 saturated carbocycles. The van der Waals surface area contributed by atoms with Gasteiger partial charge >= 0.3 is 12.1 Å². The van der Waals surface area contributed by atoms with Crippen molar-refractivity contribution < 1.29 is 23.1 Å². The molecule has 0 aliphatic heterocycles. The van der Waals surface area contributed by atoms with Crippen LogP contribution < -0.4 is 5.32 Å². The normalized spacial score (nSPS) is 11.8. The number of imidazole rings is 1. The molecule has 0 aliphatic carbocycles. The Morgan fingerprint density at radius 3 is 2.83 bits per heavy atom. The van der Waals surface area contributed by atoms with Crippen molar-refractivity contribution in [1.82, 2.24) is 9.38 Å². The number of nitrogens with one attached hydrogen (secondary N) is 1. The zero-order valence-electron chi connectivity index (χ0n) is 12.2. The molecule has 126 valence electrons. The first-order chi connectivity index (χ1) is 11.4. The van der Waals surface area contributed by atoms with Gasteiger partial charge in [-0.3, -0.25) is 4.79 Å². The third kappa shape index (κ3) is 3.21. The number of aromatic nitrogens is 2. The summed E-state index contributed by atoms with van der Waals surface area (Å²) in [7, 11) is 0. The second kappa shape index (κ2) is 6.16. The number of carbonyl (C=O) groups is 1. The Morgan fingerprint density at radius 2 is 2.12 bits per heavy atom. The smallest absolute Gasteiger partial charge is 0.435 e. The second-order valence-corrected chi connectivity index (χ2v) is 6.02. The molecule has 0 aromatic carbocycles. The Kier molecular flexibility index (Phi) is 4.18. The highest BCUT2D eigenvalue weighted by Crippen LogP contribution is 2.32. The maximum Gasteiger partial charge on any atom is 0.435 e. The van der Waals surface area contributed by atoms with Crippen molar-refractivity contribution in [3.63, 3.8) is 0 Å². The molecule has 9 heteroatoms. The van der Waals surface area contributed by atoms with Gasteiger partial charge in [-0.2, -0.15) is 13.2 Å². The van der Waals surface area contributed by atoms with Gasteiger partial charge in [-0.1, -0.05) is 6.07 Å². The Balaban J connectivity index is 1.93. The molecule has 0 atom stereocenters. The minimum atomic E-state index is -4.57. The van der Waals surface area contributed by atoms with Gasteiger partial charge in [-0.05, 0) is 23.6 Å². The summed E-state index contributed by atoms with van der Waals surface area (Å²) in [6.07, 6.45) is -3.23. The molecule has 3 aromatic rings. The Hall–Kier alpha value is -2.55. The van der Waals surface area contributed by atoms with Crippen LogP contribution >= 0.6 is 11.3 Å². The topological polar surface area (TPSA) is 66.6 Å². The van der Waals surface area contributed by atoms with Crippen LogP contribution in [0.15, 0.2) is 35.8 Å². The van der Waals surface area contributed by atoms with Crippen LogP contribution in [-0.2, 0) is 23.9 Å². The van der Waals surface area contributed by atoms with Gasteiger partial charge in [0.2, 0.25) is 0 Å². The van der Waals surface area contributed by atoms with Crippen molar-refractivity contribution >= 4 is 28.6 Å². The number of hydrogen-bond donors (Lipinski definition) is 2. The van der Waals surface area contributed by atoms with Gasteiger partial charge < -0.3 is 14.8 Å². The number of aliphatic carboxylic acids is 1. The average molecular weight is 355 g/mol. The van der Waals surface area contributed by atoms with Gasteiger partial charge in [0.05, 0.1) is 18.7 Å². The largest absolute Gasteiger partial charge is 0.481 e. The maximum absolute atomic E-state index is 13.2. The fourth-order valence-corrected chi connectivity index (χ4v) is 3.24. The molecule has 24 heavy (non-hydrogen) atoms. The quantitative estimate of drug-likeness (QED) is 0.733. The van der Waals surface area contributed by atoms with Crippen LogP contribution in [0, 0.1) is 0 Å². The van der Waals surface area contributed by atoms with E-state index in [-0.39, 0.29) is 24.3 Å². The third-order valence-corrected chi connectivity index (χ3v) is 4.32. The van der Waals surface area contributed by atoms with Crippen molar-refractivity contribution in [2.75, 3.05) is 5.32 Å². The molecule has 0 saturated heterocycles. The van der Waals surface area contributed by atoms with E-state index < -0.39 is 17.8 Å². The zero-order valence-corrected chi connectivity index (χ0v) is 13.0. The summed E-state index contributed by atoms with van der Waals surface area (Å²) in [5.41, 5.74) is -0.249. The Bertz CT molecular complexity index is 886. The van der Waals surface area contributed by atoms with E-state index in [0.29, 0.717) is 10.6 Å². The van der Waals surface area contributed by atoms with Crippen LogP contribution in [0.3, 0.4) is 0 Å². The molecule has 2 N–H and O–H groups in total. The molecule has 0 bridgehead atoms. The first kappa shape index (κ1) is 16.3. The molecular weight excluding hydrogens is 343 g/mol. The number of nitrogens with zero attached hydrogens (tertiary/aromatic N) is 2. The minimum Gasteiger partial charge on any atom is -0.481 e. The fraction of sp³-hybridized carbons (Fsp3) is 0.200. The number of anilines is 1. The molecule has 0 spiro atoms. The van der Waals surface area contributed by atoms with E-state index in [1.54, 1.807) is 23.6 Å². The molecule has 5 nitrogen and oxygen atoms in total. The van der Waals surface area contributed by atoms with Gasteiger partial charge in [-0.25, -0.2) is 4.98 Å². The van der Waals surface area contributed by atoms with Gasteiger partial charge in [0.1, 0.15) is 5.65 Å². The SMILES string of the molecule is O=C(O)Cc1sccc1NCc1c(C(F)(F)F)nc2ccccn12. The lowest BCUT2D eigenvalue weighted by Gasteiger charge is -2.10. The summed E-state index contributed by atoms with van der Waals surface area (Å²) in [5, 5.41) is 13.5. The van der Waals surface area contributed by atoms with Gasteiger partial charge in [0.25, 0.3) is 0 Å². The van der Waals surface area contributed by atoms with E-state index in [2.05, 4.69) is 10.3 Å². The number of rotatable bonds is 5. The van der Waals surface area contributed by atoms with Crippen molar-refractivity contribution in [2.45, 2.75) is 19.1 Å². The number of fused-ring (bicyclic) bond motifs is 1. The van der Waals surface area contributed by atoms with Crippen molar-refractivity contribution in [3.05, 3.63) is 52.1 Å². The fourth-order valence-electron chi connectivity index (χ4n) is 2.39. The highest BCUT2D eigenvalue weighted by atomic mass is 32.1. The predicted molar refractivity (Wildman–Crippen MR) is 83.2 cm³/mol. The van der Waals surface area contributed by atoms with E-state index >= 15 is 0 Å². The Morgan fingerprint density at radius 1 is 1.33 bits per heavy atom. The van der Waals surface area contributed by atoms with E-state index in [1.165, 1.54) is 28.0 Å². The van der Waals surface area contributed by atoms with E-state index in [0.717, 1.165) is 0 Å². The number of alkyl halides is 3. The van der Waals surface area contributed by atoms with Crippen molar-refractivity contribution in [3.8, 4) is 0 Å². The summed E-state index contributed by atoms with van der Waals surface area (Å²) in [4.78, 5) is 15.0. The summed E-state index contributed by atoms with van der Waals surface area (Å²) in [5.74, 6) is -0.994. The van der Waals surface area contributed by atoms with Crippen LogP contribution in [0.2, 0.25) is 0 Å². The molecule has 3 heterocycles. The van der Waals surface area contributed by atoms with Crippen LogP contribution in [0.5, 0.6) is 0 Å². The van der Waals surface area contributed by atoms with E-state index in [1.807, 2.05) is 0 Å². The first-order valence-corrected chi connectivity index (χ1v) is 7.79. The van der Waals surface area contributed by atoms with Crippen LogP contribution in [0.1, 0.15) is 16.3 Å². The molecular formula is C15H12F3N3O2S.